The van der Waals surface area contributed by atoms with Gasteiger partial charge in [0.25, 0.3) is 5.91 Å². The third kappa shape index (κ3) is 4.76. The molecule has 164 valence electrons. The molecular formula is C24H21Cl3N4O. The molecule has 0 radical (unpaired) electrons. The highest BCUT2D eigenvalue weighted by molar-refractivity contribution is 6.34. The number of imidazole rings is 1. The van der Waals surface area contributed by atoms with E-state index in [1.807, 2.05) is 73.7 Å². The number of rotatable bonds is 4. The number of carbonyl (C=O) groups excluding carboxylic acids is 1. The smallest absolute Gasteiger partial charge is 0.266 e. The van der Waals surface area contributed by atoms with Crippen LogP contribution in [0.3, 0.4) is 0 Å². The number of nitrogens with zero attached hydrogens (tertiary/aromatic N) is 2. The Morgan fingerprint density at radius 2 is 1.47 bits per heavy atom. The largest absolute Gasteiger partial charge is 0.297 e. The van der Waals surface area contributed by atoms with Gasteiger partial charge in [-0.25, -0.2) is 10.4 Å². The normalized spacial score (nSPS) is 11.7. The van der Waals surface area contributed by atoms with Crippen LogP contribution < -0.4 is 10.9 Å². The maximum absolute atomic E-state index is 12.8. The van der Waals surface area contributed by atoms with Crippen LogP contribution in [-0.4, -0.2) is 20.8 Å². The summed E-state index contributed by atoms with van der Waals surface area (Å²) in [7, 11) is 0. The minimum absolute atomic E-state index is 0.283. The number of pyridine rings is 1. The van der Waals surface area contributed by atoms with Gasteiger partial charge in [0.2, 0.25) is 0 Å². The van der Waals surface area contributed by atoms with Gasteiger partial charge >= 0.3 is 0 Å². The molecule has 32 heavy (non-hydrogen) atoms. The zero-order valence-corrected chi connectivity index (χ0v) is 20.0. The molecule has 2 heterocycles. The summed E-state index contributed by atoms with van der Waals surface area (Å²) in [5.41, 5.74) is 9.64. The summed E-state index contributed by atoms with van der Waals surface area (Å²) < 4.78 is 1.83. The van der Waals surface area contributed by atoms with Gasteiger partial charge in [0.05, 0.1) is 22.0 Å². The minimum Gasteiger partial charge on any atom is -0.297 e. The molecule has 5 nitrogen and oxygen atoms in total. The van der Waals surface area contributed by atoms with Crippen LogP contribution in [-0.2, 0) is 0 Å². The van der Waals surface area contributed by atoms with Gasteiger partial charge in [-0.15, -0.1) is 0 Å². The van der Waals surface area contributed by atoms with E-state index in [1.165, 1.54) is 0 Å². The number of aromatic nitrogens is 2. The number of fused-ring (bicyclic) bond motifs is 1. The zero-order chi connectivity index (χ0) is 23.0. The molecule has 2 aromatic heterocycles. The van der Waals surface area contributed by atoms with E-state index < -0.39 is 0 Å². The molecule has 0 spiro atoms. The van der Waals surface area contributed by atoms with E-state index in [0.717, 1.165) is 22.5 Å². The monoisotopic (exact) mass is 486 g/mol. The molecule has 0 saturated heterocycles. The van der Waals surface area contributed by atoms with Gasteiger partial charge in [-0.1, -0.05) is 59.1 Å². The Balaban J connectivity index is 1.91. The number of hydrogen-bond donors (Lipinski definition) is 2. The molecule has 0 atom stereocenters. The Morgan fingerprint density at radius 1 is 0.906 bits per heavy atom. The van der Waals surface area contributed by atoms with Crippen molar-refractivity contribution in [2.24, 2.45) is 0 Å². The van der Waals surface area contributed by atoms with Crippen LogP contribution in [0.25, 0.3) is 28.2 Å². The van der Waals surface area contributed by atoms with Gasteiger partial charge in [-0.05, 0) is 51.1 Å². The van der Waals surface area contributed by atoms with E-state index >= 15 is 0 Å². The average Bonchev–Trinajstić information content (AvgIpc) is 3.12. The molecule has 0 aliphatic carbocycles. The lowest BCUT2D eigenvalue weighted by Gasteiger charge is -2.21. The first-order chi connectivity index (χ1) is 15.1. The Hall–Kier alpha value is -2.57. The Kier molecular flexibility index (Phi) is 6.19. The second-order valence-corrected chi connectivity index (χ2v) is 9.70. The quantitative estimate of drug-likeness (QED) is 0.316. The van der Waals surface area contributed by atoms with E-state index in [0.29, 0.717) is 26.3 Å². The molecule has 2 aromatic carbocycles. The van der Waals surface area contributed by atoms with E-state index in [1.54, 1.807) is 12.3 Å². The lowest BCUT2D eigenvalue weighted by molar-refractivity contribution is 0.0914. The molecule has 0 aliphatic rings. The van der Waals surface area contributed by atoms with Crippen LogP contribution in [0, 0.1) is 0 Å². The van der Waals surface area contributed by atoms with Crippen molar-refractivity contribution < 1.29 is 4.79 Å². The number of nitrogens with one attached hydrogen (secondary N) is 2. The number of hydrazine groups is 1. The molecule has 0 bridgehead atoms. The maximum atomic E-state index is 12.8. The lowest BCUT2D eigenvalue weighted by atomic mass is 10.0. The van der Waals surface area contributed by atoms with E-state index in [4.69, 9.17) is 39.8 Å². The zero-order valence-electron chi connectivity index (χ0n) is 17.7. The Morgan fingerprint density at radius 3 is 2.03 bits per heavy atom. The van der Waals surface area contributed by atoms with Crippen molar-refractivity contribution in [1.82, 2.24) is 20.2 Å². The number of amides is 1. The van der Waals surface area contributed by atoms with Crippen molar-refractivity contribution >= 4 is 46.4 Å². The number of benzene rings is 2. The fourth-order valence-corrected chi connectivity index (χ4v) is 3.74. The summed E-state index contributed by atoms with van der Waals surface area (Å²) in [5, 5.41) is 1.62. The van der Waals surface area contributed by atoms with Crippen molar-refractivity contribution in [3.8, 4) is 22.5 Å². The second kappa shape index (κ2) is 8.75. The van der Waals surface area contributed by atoms with Crippen molar-refractivity contribution in [3.05, 3.63) is 81.4 Å². The van der Waals surface area contributed by atoms with Crippen LogP contribution in [0.1, 0.15) is 31.1 Å². The molecule has 1 amide bonds. The van der Waals surface area contributed by atoms with E-state index in [-0.39, 0.29) is 11.4 Å². The third-order valence-electron chi connectivity index (χ3n) is 4.72. The minimum atomic E-state index is -0.299. The van der Waals surface area contributed by atoms with E-state index in [2.05, 4.69) is 10.9 Å². The summed E-state index contributed by atoms with van der Waals surface area (Å²) in [6.45, 7) is 5.86. The van der Waals surface area contributed by atoms with Gasteiger partial charge in [0, 0.05) is 32.9 Å². The van der Waals surface area contributed by atoms with Crippen LogP contribution >= 0.6 is 34.8 Å². The topological polar surface area (TPSA) is 58.4 Å². The molecule has 8 heteroatoms. The predicted octanol–water partition coefficient (Wildman–Crippen LogP) is 6.66. The molecule has 0 fully saturated rings. The molecule has 0 saturated carbocycles. The van der Waals surface area contributed by atoms with Crippen LogP contribution in [0.15, 0.2) is 60.8 Å². The van der Waals surface area contributed by atoms with E-state index in [9.17, 15) is 4.79 Å². The Labute approximate surface area is 201 Å². The third-order valence-corrected chi connectivity index (χ3v) is 5.51. The second-order valence-electron chi connectivity index (χ2n) is 8.42. The SMILES string of the molecule is CC(C)(C)NNC(=O)c1cc(Cl)c2nc(-c3ccc(Cl)cc3)c(-c3ccc(Cl)cc3)n2c1. The fourth-order valence-electron chi connectivity index (χ4n) is 3.24. The van der Waals surface area contributed by atoms with Crippen LogP contribution in [0.2, 0.25) is 15.1 Å². The van der Waals surface area contributed by atoms with Gasteiger partial charge < -0.3 is 0 Å². The predicted molar refractivity (Wildman–Crippen MR) is 131 cm³/mol. The first-order valence-electron chi connectivity index (χ1n) is 9.93. The summed E-state index contributed by atoms with van der Waals surface area (Å²) in [4.78, 5) is 17.6. The maximum Gasteiger partial charge on any atom is 0.266 e. The summed E-state index contributed by atoms with van der Waals surface area (Å²) in [6.07, 6.45) is 1.73. The van der Waals surface area contributed by atoms with Gasteiger partial charge in [0.15, 0.2) is 5.65 Å². The first kappa shape index (κ1) is 22.6. The average molecular weight is 488 g/mol. The molecule has 0 unspecified atom stereocenters. The van der Waals surface area contributed by atoms with Gasteiger partial charge in [-0.2, -0.15) is 0 Å². The standard InChI is InChI=1S/C24H21Cl3N4O/c1-24(2,3)30-29-23(32)16-12-19(27)22-28-20(14-4-8-17(25)9-5-14)21(31(22)13-16)15-6-10-18(26)11-7-15/h4-13,30H,1-3H3,(H,29,32). The highest BCUT2D eigenvalue weighted by Gasteiger charge is 2.20. The summed E-state index contributed by atoms with van der Waals surface area (Å²) >= 11 is 18.8. The summed E-state index contributed by atoms with van der Waals surface area (Å²) in [5.74, 6) is -0.299. The Bertz CT molecular complexity index is 1290. The molecular weight excluding hydrogens is 467 g/mol. The number of carbonyl (C=O) groups is 1. The van der Waals surface area contributed by atoms with Gasteiger partial charge in [-0.3, -0.25) is 14.6 Å². The highest BCUT2D eigenvalue weighted by atomic mass is 35.5. The number of hydrogen-bond acceptors (Lipinski definition) is 3. The highest BCUT2D eigenvalue weighted by Crippen LogP contribution is 2.36. The lowest BCUT2D eigenvalue weighted by Crippen LogP contribution is -2.48. The molecule has 4 aromatic rings. The number of halogens is 3. The molecule has 0 aliphatic heterocycles. The van der Waals surface area contributed by atoms with Crippen molar-refractivity contribution in [1.29, 1.82) is 0 Å². The van der Waals surface area contributed by atoms with Crippen LogP contribution in [0.4, 0.5) is 0 Å². The van der Waals surface area contributed by atoms with Gasteiger partial charge in [0.1, 0.15) is 0 Å². The fraction of sp³-hybridized carbons (Fsp3) is 0.167. The summed E-state index contributed by atoms with van der Waals surface area (Å²) in [6, 6.07) is 16.5. The molecule has 2 N–H and O–H groups in total. The van der Waals surface area contributed by atoms with Crippen molar-refractivity contribution in [2.75, 3.05) is 0 Å². The van der Waals surface area contributed by atoms with Crippen LogP contribution in [0.5, 0.6) is 0 Å². The molecule has 4 rings (SSSR count). The van der Waals surface area contributed by atoms with Crippen molar-refractivity contribution in [2.45, 2.75) is 26.3 Å². The first-order valence-corrected chi connectivity index (χ1v) is 11.1. The van der Waals surface area contributed by atoms with Crippen molar-refractivity contribution in [3.63, 3.8) is 0 Å².